The predicted molar refractivity (Wildman–Crippen MR) is 71.0 cm³/mol. The van der Waals surface area contributed by atoms with E-state index in [1.54, 1.807) is 7.11 Å². The smallest absolute Gasteiger partial charge is 0.326 e. The second kappa shape index (κ2) is 8.74. The number of urea groups is 1. The van der Waals surface area contributed by atoms with E-state index < -0.39 is 18.0 Å². The van der Waals surface area contributed by atoms with Gasteiger partial charge in [0.05, 0.1) is 0 Å². The molecule has 6 heteroatoms. The highest BCUT2D eigenvalue weighted by molar-refractivity contribution is 5.82. The summed E-state index contributed by atoms with van der Waals surface area (Å²) < 4.78 is 4.86. The van der Waals surface area contributed by atoms with Crippen LogP contribution in [0.15, 0.2) is 0 Å². The fraction of sp³-hybridized carbons (Fsp3) is 0.846. The van der Waals surface area contributed by atoms with Gasteiger partial charge in [-0.05, 0) is 31.6 Å². The Morgan fingerprint density at radius 2 is 2.11 bits per heavy atom. The van der Waals surface area contributed by atoms with Gasteiger partial charge in [0.1, 0.15) is 6.04 Å². The Bertz CT molecular complexity index is 292. The Morgan fingerprint density at radius 3 is 2.68 bits per heavy atom. The van der Waals surface area contributed by atoms with E-state index in [0.29, 0.717) is 26.0 Å². The molecule has 1 fully saturated rings. The molecule has 1 saturated carbocycles. The molecule has 3 N–H and O–H groups in total. The first-order valence-corrected chi connectivity index (χ1v) is 6.89. The molecule has 0 radical (unpaired) electrons. The molecule has 0 aromatic rings. The van der Waals surface area contributed by atoms with E-state index in [4.69, 9.17) is 9.84 Å². The third kappa shape index (κ3) is 7.66. The Labute approximate surface area is 113 Å². The molecule has 19 heavy (non-hydrogen) atoms. The van der Waals surface area contributed by atoms with Crippen LogP contribution in [0.5, 0.6) is 0 Å². The minimum absolute atomic E-state index is 0.374. The van der Waals surface area contributed by atoms with Crippen molar-refractivity contribution < 1.29 is 19.4 Å². The normalized spacial score (nSPS) is 15.8. The van der Waals surface area contributed by atoms with Crippen LogP contribution in [0.25, 0.3) is 0 Å². The van der Waals surface area contributed by atoms with Crippen molar-refractivity contribution in [3.63, 3.8) is 0 Å². The number of carboxylic acids is 1. The molecule has 110 valence electrons. The summed E-state index contributed by atoms with van der Waals surface area (Å²) in [6.07, 6.45) is 5.71. The number of carboxylic acid groups (broad SMARTS) is 1. The van der Waals surface area contributed by atoms with Crippen molar-refractivity contribution in [3.8, 4) is 0 Å². The first-order valence-electron chi connectivity index (χ1n) is 6.89. The van der Waals surface area contributed by atoms with Crippen LogP contribution in [0.2, 0.25) is 0 Å². The van der Waals surface area contributed by atoms with Crippen molar-refractivity contribution in [1.82, 2.24) is 10.6 Å². The summed E-state index contributed by atoms with van der Waals surface area (Å²) in [5.41, 5.74) is 0. The van der Waals surface area contributed by atoms with E-state index in [1.165, 1.54) is 12.8 Å². The maximum Gasteiger partial charge on any atom is 0.326 e. The van der Waals surface area contributed by atoms with Crippen LogP contribution in [0.3, 0.4) is 0 Å². The first kappa shape index (κ1) is 15.8. The van der Waals surface area contributed by atoms with Gasteiger partial charge in [0.15, 0.2) is 0 Å². The topological polar surface area (TPSA) is 87.7 Å². The van der Waals surface area contributed by atoms with Gasteiger partial charge in [-0.3, -0.25) is 0 Å². The molecule has 0 aromatic heterocycles. The predicted octanol–water partition coefficient (Wildman–Crippen LogP) is 1.36. The molecule has 0 spiro atoms. The number of rotatable bonds is 10. The number of carbonyl (C=O) groups is 2. The zero-order valence-corrected chi connectivity index (χ0v) is 11.5. The third-order valence-electron chi connectivity index (χ3n) is 3.22. The Balaban J connectivity index is 2.11. The van der Waals surface area contributed by atoms with E-state index in [2.05, 4.69) is 10.6 Å². The van der Waals surface area contributed by atoms with Gasteiger partial charge in [0, 0.05) is 20.3 Å². The Hall–Kier alpha value is -1.30. The molecule has 1 aliphatic carbocycles. The van der Waals surface area contributed by atoms with E-state index in [1.807, 2.05) is 0 Å². The summed E-state index contributed by atoms with van der Waals surface area (Å²) in [6.45, 7) is 1.10. The number of amides is 2. The van der Waals surface area contributed by atoms with Crippen LogP contribution in [-0.4, -0.2) is 43.4 Å². The zero-order chi connectivity index (χ0) is 14.1. The lowest BCUT2D eigenvalue weighted by Crippen LogP contribution is -2.46. The van der Waals surface area contributed by atoms with Crippen molar-refractivity contribution >= 4 is 12.0 Å². The van der Waals surface area contributed by atoms with Gasteiger partial charge in [0.25, 0.3) is 0 Å². The molecule has 1 atom stereocenters. The monoisotopic (exact) mass is 272 g/mol. The fourth-order valence-electron chi connectivity index (χ4n) is 1.90. The lowest BCUT2D eigenvalue weighted by Gasteiger charge is -2.14. The highest BCUT2D eigenvalue weighted by Crippen LogP contribution is 2.33. The third-order valence-corrected chi connectivity index (χ3v) is 3.22. The number of methoxy groups -OCH3 is 1. The summed E-state index contributed by atoms with van der Waals surface area (Å²) >= 11 is 0. The second-order valence-corrected chi connectivity index (χ2v) is 5.01. The number of carbonyl (C=O) groups excluding carboxylic acids is 1. The van der Waals surface area contributed by atoms with E-state index in [-0.39, 0.29) is 0 Å². The van der Waals surface area contributed by atoms with Crippen molar-refractivity contribution in [2.75, 3.05) is 20.3 Å². The average Bonchev–Trinajstić information content (AvgIpc) is 3.17. The molecule has 0 aliphatic heterocycles. The lowest BCUT2D eigenvalue weighted by molar-refractivity contribution is -0.139. The van der Waals surface area contributed by atoms with Crippen molar-refractivity contribution in [2.24, 2.45) is 5.92 Å². The van der Waals surface area contributed by atoms with Crippen LogP contribution in [0.4, 0.5) is 4.79 Å². The molecular formula is C13H24N2O4. The number of ether oxygens (including phenoxy) is 1. The van der Waals surface area contributed by atoms with Gasteiger partial charge in [-0.15, -0.1) is 0 Å². The van der Waals surface area contributed by atoms with Crippen LogP contribution in [-0.2, 0) is 9.53 Å². The molecule has 1 aliphatic rings. The molecule has 6 nitrogen and oxygen atoms in total. The summed E-state index contributed by atoms with van der Waals surface area (Å²) in [6, 6.07) is -1.25. The molecule has 0 heterocycles. The molecule has 1 unspecified atom stereocenters. The van der Waals surface area contributed by atoms with Crippen LogP contribution in [0.1, 0.15) is 38.5 Å². The maximum absolute atomic E-state index is 11.5. The molecule has 0 saturated heterocycles. The molecule has 1 rings (SSSR count). The van der Waals surface area contributed by atoms with Gasteiger partial charge in [0.2, 0.25) is 0 Å². The number of aliphatic carboxylic acids is 1. The minimum atomic E-state index is -1.01. The standard InChI is InChI=1S/C13H24N2O4/c1-19-9-3-5-11(12(16)17)15-13(18)14-8-2-4-10-6-7-10/h10-11H,2-9H2,1H3,(H,16,17)(H2,14,15,18). The summed E-state index contributed by atoms with van der Waals surface area (Å²) in [7, 11) is 1.57. The average molecular weight is 272 g/mol. The van der Waals surface area contributed by atoms with E-state index in [9.17, 15) is 9.59 Å². The molecule has 0 bridgehead atoms. The van der Waals surface area contributed by atoms with Gasteiger partial charge >= 0.3 is 12.0 Å². The summed E-state index contributed by atoms with van der Waals surface area (Å²) in [5, 5.41) is 14.2. The number of hydrogen-bond acceptors (Lipinski definition) is 3. The van der Waals surface area contributed by atoms with Crippen LogP contribution >= 0.6 is 0 Å². The summed E-state index contributed by atoms with van der Waals surface area (Å²) in [4.78, 5) is 22.5. The minimum Gasteiger partial charge on any atom is -0.480 e. The zero-order valence-electron chi connectivity index (χ0n) is 11.5. The van der Waals surface area contributed by atoms with E-state index >= 15 is 0 Å². The Morgan fingerprint density at radius 1 is 1.37 bits per heavy atom. The first-order chi connectivity index (χ1) is 9.13. The van der Waals surface area contributed by atoms with Gasteiger partial charge in [-0.25, -0.2) is 9.59 Å². The molecule has 2 amide bonds. The summed E-state index contributed by atoms with van der Waals surface area (Å²) in [5.74, 6) is -0.157. The molecular weight excluding hydrogens is 248 g/mol. The molecule has 0 aromatic carbocycles. The van der Waals surface area contributed by atoms with Crippen molar-refractivity contribution in [1.29, 1.82) is 0 Å². The van der Waals surface area contributed by atoms with Crippen LogP contribution < -0.4 is 10.6 Å². The number of nitrogens with one attached hydrogen (secondary N) is 2. The number of hydrogen-bond donors (Lipinski definition) is 3. The fourth-order valence-corrected chi connectivity index (χ4v) is 1.90. The van der Waals surface area contributed by atoms with Crippen molar-refractivity contribution in [3.05, 3.63) is 0 Å². The SMILES string of the molecule is COCCCC(NC(=O)NCCCC1CC1)C(=O)O. The lowest BCUT2D eigenvalue weighted by atomic mass is 10.1. The highest BCUT2D eigenvalue weighted by atomic mass is 16.5. The van der Waals surface area contributed by atoms with Gasteiger partial charge < -0.3 is 20.5 Å². The largest absolute Gasteiger partial charge is 0.480 e. The van der Waals surface area contributed by atoms with Gasteiger partial charge in [-0.2, -0.15) is 0 Å². The highest BCUT2D eigenvalue weighted by Gasteiger charge is 2.21. The second-order valence-electron chi connectivity index (χ2n) is 5.01. The van der Waals surface area contributed by atoms with E-state index in [0.717, 1.165) is 18.8 Å². The maximum atomic E-state index is 11.5. The Kier molecular flexibility index (Phi) is 7.25. The van der Waals surface area contributed by atoms with Gasteiger partial charge in [-0.1, -0.05) is 12.8 Å². The van der Waals surface area contributed by atoms with Crippen LogP contribution in [0, 0.1) is 5.92 Å². The quantitative estimate of drug-likeness (QED) is 0.524. The van der Waals surface area contributed by atoms with Crippen molar-refractivity contribution in [2.45, 2.75) is 44.6 Å².